The van der Waals surface area contributed by atoms with Crippen molar-refractivity contribution in [2.45, 2.75) is 6.92 Å². The lowest BCUT2D eigenvalue weighted by molar-refractivity contribution is -0.131. The molecule has 0 radical (unpaired) electrons. The number of carbonyl (C=O) groups excluding carboxylic acids is 1. The Morgan fingerprint density at radius 3 is 1.23 bits per heavy atom. The van der Waals surface area contributed by atoms with Gasteiger partial charge < -0.3 is 28.4 Å². The number of methoxy groups -OCH3 is 5. The van der Waals surface area contributed by atoms with Gasteiger partial charge in [0.15, 0.2) is 0 Å². The number of rotatable bonds is 7. The standard InChI is InChI=1S/C19H22O7/c1-11(20)26-13-9-16(24-5)19(17(10-13)25-6)18-14(22-3)7-12(21-2)8-15(18)23-4/h7-10H,1-6H3. The van der Waals surface area contributed by atoms with Crippen LogP contribution in [-0.2, 0) is 4.79 Å². The molecule has 0 N–H and O–H groups in total. The minimum atomic E-state index is -0.443. The molecule has 0 heterocycles. The van der Waals surface area contributed by atoms with Crippen molar-refractivity contribution in [3.05, 3.63) is 24.3 Å². The van der Waals surface area contributed by atoms with Gasteiger partial charge in [-0.3, -0.25) is 4.79 Å². The maximum Gasteiger partial charge on any atom is 0.308 e. The van der Waals surface area contributed by atoms with Gasteiger partial charge >= 0.3 is 5.97 Å². The van der Waals surface area contributed by atoms with Gasteiger partial charge in [-0.2, -0.15) is 0 Å². The summed E-state index contributed by atoms with van der Waals surface area (Å²) in [5.41, 5.74) is 1.22. The number of benzene rings is 2. The summed E-state index contributed by atoms with van der Waals surface area (Å²) in [6.45, 7) is 1.32. The van der Waals surface area contributed by atoms with Gasteiger partial charge in [0.1, 0.15) is 34.5 Å². The smallest absolute Gasteiger partial charge is 0.308 e. The molecule has 0 aromatic heterocycles. The topological polar surface area (TPSA) is 72.5 Å². The van der Waals surface area contributed by atoms with Gasteiger partial charge in [0.2, 0.25) is 0 Å². The van der Waals surface area contributed by atoms with E-state index in [2.05, 4.69) is 0 Å². The van der Waals surface area contributed by atoms with Crippen LogP contribution in [0.3, 0.4) is 0 Å². The number of carbonyl (C=O) groups is 1. The second-order valence-electron chi connectivity index (χ2n) is 5.20. The fraction of sp³-hybridized carbons (Fsp3) is 0.316. The van der Waals surface area contributed by atoms with E-state index in [-0.39, 0.29) is 0 Å². The third-order valence-electron chi connectivity index (χ3n) is 3.71. The predicted molar refractivity (Wildman–Crippen MR) is 95.9 cm³/mol. The van der Waals surface area contributed by atoms with Crippen molar-refractivity contribution in [1.82, 2.24) is 0 Å². The average molecular weight is 362 g/mol. The molecule has 0 atom stereocenters. The van der Waals surface area contributed by atoms with Gasteiger partial charge in [0, 0.05) is 31.2 Å². The summed E-state index contributed by atoms with van der Waals surface area (Å²) in [7, 11) is 7.67. The van der Waals surface area contributed by atoms with Crippen molar-refractivity contribution < 1.29 is 33.2 Å². The third kappa shape index (κ3) is 3.77. The van der Waals surface area contributed by atoms with Crippen molar-refractivity contribution >= 4 is 5.97 Å². The molecule has 0 unspecified atom stereocenters. The highest BCUT2D eigenvalue weighted by atomic mass is 16.5. The molecule has 7 nitrogen and oxygen atoms in total. The maximum atomic E-state index is 11.3. The van der Waals surface area contributed by atoms with E-state index < -0.39 is 5.97 Å². The van der Waals surface area contributed by atoms with Crippen molar-refractivity contribution in [3.8, 4) is 45.6 Å². The van der Waals surface area contributed by atoms with Crippen LogP contribution >= 0.6 is 0 Å². The molecule has 0 aliphatic rings. The summed E-state index contributed by atoms with van der Waals surface area (Å²) in [5, 5.41) is 0. The number of hydrogen-bond donors (Lipinski definition) is 0. The van der Waals surface area contributed by atoms with E-state index in [1.54, 1.807) is 45.6 Å². The van der Waals surface area contributed by atoms with Gasteiger partial charge in [0.05, 0.1) is 46.7 Å². The van der Waals surface area contributed by atoms with Gasteiger partial charge in [-0.1, -0.05) is 0 Å². The summed E-state index contributed by atoms with van der Waals surface area (Å²) >= 11 is 0. The zero-order valence-corrected chi connectivity index (χ0v) is 15.7. The molecular formula is C19H22O7. The zero-order chi connectivity index (χ0) is 19.3. The summed E-state index contributed by atoms with van der Waals surface area (Å²) in [5.74, 6) is 2.33. The molecular weight excluding hydrogens is 340 g/mol. The molecule has 2 aromatic rings. The van der Waals surface area contributed by atoms with Crippen LogP contribution in [-0.4, -0.2) is 41.5 Å². The molecule has 7 heteroatoms. The molecule has 140 valence electrons. The van der Waals surface area contributed by atoms with Crippen LogP contribution in [0.25, 0.3) is 11.1 Å². The van der Waals surface area contributed by atoms with Crippen LogP contribution in [0.5, 0.6) is 34.5 Å². The Balaban J connectivity index is 2.80. The summed E-state index contributed by atoms with van der Waals surface area (Å²) in [6.07, 6.45) is 0. The minimum Gasteiger partial charge on any atom is -0.496 e. The van der Waals surface area contributed by atoms with Crippen LogP contribution < -0.4 is 28.4 Å². The van der Waals surface area contributed by atoms with Crippen molar-refractivity contribution in [1.29, 1.82) is 0 Å². The Kier molecular flexibility index (Phi) is 6.16. The number of hydrogen-bond acceptors (Lipinski definition) is 7. The average Bonchev–Trinajstić information content (AvgIpc) is 2.65. The lowest BCUT2D eigenvalue weighted by atomic mass is 10.00. The Labute approximate surface area is 152 Å². The summed E-state index contributed by atoms with van der Waals surface area (Å²) in [4.78, 5) is 11.3. The molecule has 2 rings (SSSR count). The Morgan fingerprint density at radius 2 is 0.962 bits per heavy atom. The maximum absolute atomic E-state index is 11.3. The van der Waals surface area contributed by atoms with E-state index in [0.29, 0.717) is 45.6 Å². The highest BCUT2D eigenvalue weighted by molar-refractivity contribution is 5.87. The second kappa shape index (κ2) is 8.33. The largest absolute Gasteiger partial charge is 0.496 e. The monoisotopic (exact) mass is 362 g/mol. The molecule has 0 saturated heterocycles. The van der Waals surface area contributed by atoms with E-state index in [1.165, 1.54) is 21.1 Å². The van der Waals surface area contributed by atoms with E-state index >= 15 is 0 Å². The first-order valence-electron chi connectivity index (χ1n) is 7.73. The highest BCUT2D eigenvalue weighted by Crippen LogP contribution is 2.50. The normalized spacial score (nSPS) is 10.1. The Morgan fingerprint density at radius 1 is 0.615 bits per heavy atom. The Bertz CT molecular complexity index is 748. The fourth-order valence-corrected chi connectivity index (χ4v) is 2.61. The van der Waals surface area contributed by atoms with E-state index in [4.69, 9.17) is 28.4 Å². The predicted octanol–water partition coefficient (Wildman–Crippen LogP) is 3.32. The van der Waals surface area contributed by atoms with Crippen LogP contribution in [0.4, 0.5) is 0 Å². The molecule has 0 aliphatic carbocycles. The molecule has 0 bridgehead atoms. The molecule has 0 aliphatic heterocycles. The van der Waals surface area contributed by atoms with Crippen molar-refractivity contribution in [2.75, 3.05) is 35.5 Å². The van der Waals surface area contributed by atoms with Crippen molar-refractivity contribution in [3.63, 3.8) is 0 Å². The minimum absolute atomic E-state index is 0.307. The molecule has 26 heavy (non-hydrogen) atoms. The first kappa shape index (κ1) is 19.2. The second-order valence-corrected chi connectivity index (χ2v) is 5.20. The van der Waals surface area contributed by atoms with Gasteiger partial charge in [0.25, 0.3) is 0 Å². The molecule has 0 spiro atoms. The first-order valence-corrected chi connectivity index (χ1v) is 7.73. The summed E-state index contributed by atoms with van der Waals surface area (Å²) in [6, 6.07) is 6.66. The SMILES string of the molecule is COc1cc(OC)c(-c2c(OC)cc(OC(C)=O)cc2OC)c(OC)c1. The van der Waals surface area contributed by atoms with Crippen LogP contribution in [0, 0.1) is 0 Å². The lowest BCUT2D eigenvalue weighted by Crippen LogP contribution is -2.04. The lowest BCUT2D eigenvalue weighted by Gasteiger charge is -2.20. The van der Waals surface area contributed by atoms with Gasteiger partial charge in [-0.05, 0) is 0 Å². The van der Waals surface area contributed by atoms with Gasteiger partial charge in [-0.15, -0.1) is 0 Å². The number of ether oxygens (including phenoxy) is 6. The first-order chi connectivity index (χ1) is 12.5. The van der Waals surface area contributed by atoms with E-state index in [9.17, 15) is 4.79 Å². The third-order valence-corrected chi connectivity index (χ3v) is 3.71. The van der Waals surface area contributed by atoms with Gasteiger partial charge in [-0.25, -0.2) is 0 Å². The molecule has 0 saturated carbocycles. The molecule has 0 fully saturated rings. The molecule has 0 amide bonds. The summed E-state index contributed by atoms with van der Waals surface area (Å²) < 4.78 is 32.5. The van der Waals surface area contributed by atoms with E-state index in [1.807, 2.05) is 0 Å². The highest BCUT2D eigenvalue weighted by Gasteiger charge is 2.24. The Hall–Kier alpha value is -3.09. The molecule has 2 aromatic carbocycles. The number of esters is 1. The fourth-order valence-electron chi connectivity index (χ4n) is 2.61. The van der Waals surface area contributed by atoms with E-state index in [0.717, 1.165) is 0 Å². The van der Waals surface area contributed by atoms with Crippen LogP contribution in [0.15, 0.2) is 24.3 Å². The zero-order valence-electron chi connectivity index (χ0n) is 15.7. The van der Waals surface area contributed by atoms with Crippen LogP contribution in [0.1, 0.15) is 6.92 Å². The van der Waals surface area contributed by atoms with Crippen LogP contribution in [0.2, 0.25) is 0 Å². The van der Waals surface area contributed by atoms with Crippen molar-refractivity contribution in [2.24, 2.45) is 0 Å². The quantitative estimate of drug-likeness (QED) is 0.552.